The minimum Gasteiger partial charge on any atom is -0.399 e. The van der Waals surface area contributed by atoms with Gasteiger partial charge in [0.15, 0.2) is 0 Å². The fraction of sp³-hybridized carbons (Fsp3) is 0.462. The number of sulfonamides is 1. The number of hydrogen-bond donors (Lipinski definition) is 2. The maximum Gasteiger partial charge on any atom is 0.244 e. The van der Waals surface area contributed by atoms with E-state index in [0.29, 0.717) is 10.2 Å². The Hall–Kier alpha value is -1.12. The van der Waals surface area contributed by atoms with Gasteiger partial charge in [0.2, 0.25) is 15.9 Å². The predicted molar refractivity (Wildman–Crippen MR) is 83.9 cm³/mol. The molecule has 4 N–H and O–H groups in total. The van der Waals surface area contributed by atoms with Gasteiger partial charge >= 0.3 is 0 Å². The number of anilines is 1. The molecule has 1 saturated carbocycles. The van der Waals surface area contributed by atoms with Crippen molar-refractivity contribution in [2.45, 2.75) is 36.6 Å². The van der Waals surface area contributed by atoms with Gasteiger partial charge < -0.3 is 11.5 Å². The van der Waals surface area contributed by atoms with Gasteiger partial charge in [-0.05, 0) is 47.0 Å². The van der Waals surface area contributed by atoms with Crippen LogP contribution >= 0.6 is 15.9 Å². The lowest BCUT2D eigenvalue weighted by Gasteiger charge is -2.27. The molecule has 0 aliphatic heterocycles. The third-order valence-corrected chi connectivity index (χ3v) is 6.46. The van der Waals surface area contributed by atoms with Crippen LogP contribution in [0.2, 0.25) is 0 Å². The molecule has 2 rings (SSSR count). The van der Waals surface area contributed by atoms with Crippen molar-refractivity contribution in [3.63, 3.8) is 0 Å². The van der Waals surface area contributed by atoms with Crippen LogP contribution in [0.15, 0.2) is 27.6 Å². The first-order valence-corrected chi connectivity index (χ1v) is 8.91. The molecule has 1 aromatic carbocycles. The van der Waals surface area contributed by atoms with Crippen LogP contribution < -0.4 is 11.5 Å². The highest BCUT2D eigenvalue weighted by molar-refractivity contribution is 9.10. The third kappa shape index (κ3) is 3.56. The Morgan fingerprint density at radius 1 is 1.33 bits per heavy atom. The summed E-state index contributed by atoms with van der Waals surface area (Å²) in [5.74, 6) is -0.656. The Morgan fingerprint density at radius 3 is 2.48 bits per heavy atom. The van der Waals surface area contributed by atoms with Crippen molar-refractivity contribution in [3.05, 3.63) is 22.7 Å². The Bertz CT molecular complexity index is 642. The number of amides is 1. The second-order valence-electron chi connectivity index (χ2n) is 5.14. The number of nitrogen functional groups attached to an aromatic ring is 1. The standard InChI is InChI=1S/C13H18BrN3O3S/c14-11-7-9(15)5-6-12(11)21(19,20)17(8-13(16)18)10-3-1-2-4-10/h5-7,10H,1-4,8,15H2,(H2,16,18). The molecule has 8 heteroatoms. The summed E-state index contributed by atoms with van der Waals surface area (Å²) in [5, 5.41) is 0. The van der Waals surface area contributed by atoms with Gasteiger partial charge in [0.1, 0.15) is 0 Å². The second-order valence-corrected chi connectivity index (χ2v) is 7.86. The summed E-state index contributed by atoms with van der Waals surface area (Å²) in [4.78, 5) is 11.4. The van der Waals surface area contributed by atoms with Crippen molar-refractivity contribution in [1.29, 1.82) is 0 Å². The number of nitrogens with two attached hydrogens (primary N) is 2. The van der Waals surface area contributed by atoms with E-state index in [4.69, 9.17) is 11.5 Å². The SMILES string of the molecule is NC(=O)CN(C1CCCC1)S(=O)(=O)c1ccc(N)cc1Br. The molecule has 0 radical (unpaired) electrons. The molecule has 1 fully saturated rings. The minimum atomic E-state index is -3.80. The molecule has 0 aromatic heterocycles. The van der Waals surface area contributed by atoms with E-state index < -0.39 is 15.9 Å². The number of hydrogen-bond acceptors (Lipinski definition) is 4. The first-order valence-electron chi connectivity index (χ1n) is 6.67. The number of carbonyl (C=O) groups excluding carboxylic acids is 1. The van der Waals surface area contributed by atoms with Gasteiger partial charge in [-0.3, -0.25) is 4.79 Å². The van der Waals surface area contributed by atoms with Gasteiger partial charge in [0, 0.05) is 16.2 Å². The van der Waals surface area contributed by atoms with E-state index in [1.165, 1.54) is 22.5 Å². The van der Waals surface area contributed by atoms with Crippen LogP contribution in [-0.4, -0.2) is 31.2 Å². The molecule has 1 amide bonds. The van der Waals surface area contributed by atoms with E-state index >= 15 is 0 Å². The maximum atomic E-state index is 12.8. The molecule has 21 heavy (non-hydrogen) atoms. The molecule has 116 valence electrons. The summed E-state index contributed by atoms with van der Waals surface area (Å²) in [6.07, 6.45) is 3.41. The zero-order valence-corrected chi connectivity index (χ0v) is 13.9. The zero-order valence-electron chi connectivity index (χ0n) is 11.5. The van der Waals surface area contributed by atoms with Crippen LogP contribution in [-0.2, 0) is 14.8 Å². The number of benzene rings is 1. The molecule has 1 aliphatic carbocycles. The van der Waals surface area contributed by atoms with E-state index in [1.54, 1.807) is 0 Å². The first-order chi connectivity index (χ1) is 9.82. The van der Waals surface area contributed by atoms with Crippen molar-refractivity contribution in [1.82, 2.24) is 4.31 Å². The summed E-state index contributed by atoms with van der Waals surface area (Å²) in [6.45, 7) is -0.302. The van der Waals surface area contributed by atoms with Crippen LogP contribution in [0.4, 0.5) is 5.69 Å². The third-order valence-electron chi connectivity index (χ3n) is 3.59. The Labute approximate surface area is 132 Å². The summed E-state index contributed by atoms with van der Waals surface area (Å²) >= 11 is 3.22. The lowest BCUT2D eigenvalue weighted by molar-refractivity contribution is -0.118. The van der Waals surface area contributed by atoms with Crippen molar-refractivity contribution in [3.8, 4) is 0 Å². The lowest BCUT2D eigenvalue weighted by atomic mass is 10.2. The molecule has 0 atom stereocenters. The quantitative estimate of drug-likeness (QED) is 0.759. The highest BCUT2D eigenvalue weighted by Crippen LogP contribution is 2.32. The van der Waals surface area contributed by atoms with E-state index in [1.807, 2.05) is 0 Å². The van der Waals surface area contributed by atoms with E-state index in [2.05, 4.69) is 15.9 Å². The van der Waals surface area contributed by atoms with Gasteiger partial charge in [-0.2, -0.15) is 4.31 Å². The summed E-state index contributed by atoms with van der Waals surface area (Å²) in [6, 6.07) is 4.32. The predicted octanol–water partition coefficient (Wildman–Crippen LogP) is 1.45. The molecule has 1 aliphatic rings. The number of carbonyl (C=O) groups is 1. The molecule has 0 saturated heterocycles. The lowest BCUT2D eigenvalue weighted by Crippen LogP contribution is -2.44. The van der Waals surface area contributed by atoms with Crippen LogP contribution in [0.5, 0.6) is 0 Å². The average molecular weight is 376 g/mol. The van der Waals surface area contributed by atoms with Gasteiger partial charge in [0.25, 0.3) is 0 Å². The monoisotopic (exact) mass is 375 g/mol. The average Bonchev–Trinajstić information content (AvgIpc) is 2.88. The van der Waals surface area contributed by atoms with E-state index in [-0.39, 0.29) is 17.5 Å². The highest BCUT2D eigenvalue weighted by atomic mass is 79.9. The van der Waals surface area contributed by atoms with Gasteiger partial charge in [-0.15, -0.1) is 0 Å². The molecule has 0 spiro atoms. The van der Waals surface area contributed by atoms with E-state index in [9.17, 15) is 13.2 Å². The number of halogens is 1. The second kappa shape index (κ2) is 6.33. The van der Waals surface area contributed by atoms with Crippen LogP contribution in [0.25, 0.3) is 0 Å². The molecule has 1 aromatic rings. The number of rotatable bonds is 5. The summed E-state index contributed by atoms with van der Waals surface area (Å²) in [7, 11) is -3.80. The minimum absolute atomic E-state index is 0.102. The normalized spacial score (nSPS) is 16.5. The Kier molecular flexibility index (Phi) is 4.90. The summed E-state index contributed by atoms with van der Waals surface area (Å²) < 4.78 is 27.3. The Morgan fingerprint density at radius 2 is 1.95 bits per heavy atom. The molecule has 0 unspecified atom stereocenters. The summed E-state index contributed by atoms with van der Waals surface area (Å²) in [5.41, 5.74) is 11.3. The highest BCUT2D eigenvalue weighted by Gasteiger charge is 2.35. The molecular weight excluding hydrogens is 358 g/mol. The van der Waals surface area contributed by atoms with Gasteiger partial charge in [0.05, 0.1) is 11.4 Å². The fourth-order valence-corrected chi connectivity index (χ4v) is 5.32. The molecular formula is C13H18BrN3O3S. The van der Waals surface area contributed by atoms with Crippen molar-refractivity contribution in [2.75, 3.05) is 12.3 Å². The van der Waals surface area contributed by atoms with Crippen molar-refractivity contribution >= 4 is 37.5 Å². The van der Waals surface area contributed by atoms with E-state index in [0.717, 1.165) is 25.7 Å². The van der Waals surface area contributed by atoms with Gasteiger partial charge in [-0.25, -0.2) is 8.42 Å². The topological polar surface area (TPSA) is 106 Å². The van der Waals surface area contributed by atoms with Crippen LogP contribution in [0, 0.1) is 0 Å². The smallest absolute Gasteiger partial charge is 0.244 e. The maximum absolute atomic E-state index is 12.8. The molecule has 0 heterocycles. The molecule has 0 bridgehead atoms. The van der Waals surface area contributed by atoms with Crippen molar-refractivity contribution in [2.24, 2.45) is 5.73 Å². The van der Waals surface area contributed by atoms with Crippen LogP contribution in [0.1, 0.15) is 25.7 Å². The van der Waals surface area contributed by atoms with Crippen molar-refractivity contribution < 1.29 is 13.2 Å². The zero-order chi connectivity index (χ0) is 15.6. The number of primary amides is 1. The fourth-order valence-electron chi connectivity index (χ4n) is 2.61. The van der Waals surface area contributed by atoms with Crippen LogP contribution in [0.3, 0.4) is 0 Å². The first kappa shape index (κ1) is 16.3. The van der Waals surface area contributed by atoms with Gasteiger partial charge in [-0.1, -0.05) is 12.8 Å². The molecule has 6 nitrogen and oxygen atoms in total. The number of nitrogens with zero attached hydrogens (tertiary/aromatic N) is 1. The largest absolute Gasteiger partial charge is 0.399 e. The Balaban J connectivity index is 2.43.